The van der Waals surface area contributed by atoms with Gasteiger partial charge in [-0.05, 0) is 50.9 Å². The minimum absolute atomic E-state index is 0.0634. The van der Waals surface area contributed by atoms with E-state index in [4.69, 9.17) is 14.2 Å². The molecule has 0 aliphatic carbocycles. The monoisotopic (exact) mass is 395 g/mol. The van der Waals surface area contributed by atoms with Gasteiger partial charge in [-0.2, -0.15) is 0 Å². The van der Waals surface area contributed by atoms with Gasteiger partial charge < -0.3 is 19.5 Å². The molecule has 19 heavy (non-hydrogen) atoms. The van der Waals surface area contributed by atoms with Gasteiger partial charge in [0.1, 0.15) is 17.6 Å². The fourth-order valence-electron chi connectivity index (χ4n) is 1.50. The van der Waals surface area contributed by atoms with Crippen LogP contribution in [0, 0.1) is 0 Å². The van der Waals surface area contributed by atoms with Crippen molar-refractivity contribution in [1.29, 1.82) is 0 Å². The van der Waals surface area contributed by atoms with E-state index in [2.05, 4.69) is 37.2 Å². The molecule has 1 unspecified atom stereocenters. The number of halogens is 2. The first-order valence-electron chi connectivity index (χ1n) is 5.97. The SMILES string of the molecule is COCCNCC(C)Oc1cc(Br)c(OC)cc1Br. The molecular weight excluding hydrogens is 378 g/mol. The van der Waals surface area contributed by atoms with E-state index in [-0.39, 0.29) is 6.10 Å². The van der Waals surface area contributed by atoms with Crippen LogP contribution in [0.25, 0.3) is 0 Å². The Morgan fingerprint density at radius 1 is 1.16 bits per heavy atom. The number of nitrogens with one attached hydrogen (secondary N) is 1. The van der Waals surface area contributed by atoms with Crippen LogP contribution in [-0.4, -0.2) is 40.0 Å². The van der Waals surface area contributed by atoms with Crippen LogP contribution in [0.1, 0.15) is 6.92 Å². The molecule has 0 amide bonds. The first-order valence-corrected chi connectivity index (χ1v) is 7.56. The van der Waals surface area contributed by atoms with Crippen LogP contribution in [0.15, 0.2) is 21.1 Å². The Morgan fingerprint density at radius 2 is 1.79 bits per heavy atom. The van der Waals surface area contributed by atoms with Crippen LogP contribution in [0.4, 0.5) is 0 Å². The van der Waals surface area contributed by atoms with Gasteiger partial charge in [0, 0.05) is 20.2 Å². The number of ether oxygens (including phenoxy) is 3. The van der Waals surface area contributed by atoms with E-state index in [1.807, 2.05) is 19.1 Å². The topological polar surface area (TPSA) is 39.7 Å². The van der Waals surface area contributed by atoms with Crippen molar-refractivity contribution in [2.24, 2.45) is 0 Å². The maximum atomic E-state index is 5.87. The van der Waals surface area contributed by atoms with E-state index in [0.717, 1.165) is 33.5 Å². The van der Waals surface area contributed by atoms with Crippen molar-refractivity contribution < 1.29 is 14.2 Å². The fourth-order valence-corrected chi connectivity index (χ4v) is 2.40. The average molecular weight is 397 g/mol. The van der Waals surface area contributed by atoms with Crippen LogP contribution in [0.5, 0.6) is 11.5 Å². The standard InChI is InChI=1S/C13H19Br2NO3/c1-9(8-16-4-5-17-2)19-13-7-10(14)12(18-3)6-11(13)15/h6-7,9,16H,4-5,8H2,1-3H3. The van der Waals surface area contributed by atoms with Crippen molar-refractivity contribution in [3.63, 3.8) is 0 Å². The van der Waals surface area contributed by atoms with Gasteiger partial charge >= 0.3 is 0 Å². The molecule has 0 saturated carbocycles. The Morgan fingerprint density at radius 3 is 2.42 bits per heavy atom. The summed E-state index contributed by atoms with van der Waals surface area (Å²) in [4.78, 5) is 0. The Balaban J connectivity index is 2.54. The van der Waals surface area contributed by atoms with E-state index in [1.165, 1.54) is 0 Å². The summed E-state index contributed by atoms with van der Waals surface area (Å²) < 4.78 is 17.8. The van der Waals surface area contributed by atoms with Crippen molar-refractivity contribution in [3.8, 4) is 11.5 Å². The predicted octanol–water partition coefficient (Wildman–Crippen LogP) is 3.22. The zero-order valence-corrected chi connectivity index (χ0v) is 14.5. The van der Waals surface area contributed by atoms with Crippen molar-refractivity contribution in [2.45, 2.75) is 13.0 Å². The highest BCUT2D eigenvalue weighted by Gasteiger charge is 2.11. The predicted molar refractivity (Wildman–Crippen MR) is 83.2 cm³/mol. The van der Waals surface area contributed by atoms with E-state index < -0.39 is 0 Å². The molecule has 0 radical (unpaired) electrons. The number of methoxy groups -OCH3 is 2. The second-order valence-corrected chi connectivity index (χ2v) is 5.75. The zero-order chi connectivity index (χ0) is 14.3. The Hall–Kier alpha value is -0.300. The summed E-state index contributed by atoms with van der Waals surface area (Å²) in [5.41, 5.74) is 0. The Bertz CT molecular complexity index is 402. The average Bonchev–Trinajstić information content (AvgIpc) is 2.38. The zero-order valence-electron chi connectivity index (χ0n) is 11.3. The fraction of sp³-hybridized carbons (Fsp3) is 0.538. The molecule has 6 heteroatoms. The van der Waals surface area contributed by atoms with E-state index >= 15 is 0 Å². The van der Waals surface area contributed by atoms with Crippen LogP contribution in [0.2, 0.25) is 0 Å². The molecule has 0 fully saturated rings. The minimum atomic E-state index is 0.0634. The highest BCUT2D eigenvalue weighted by molar-refractivity contribution is 9.11. The molecule has 0 aliphatic rings. The van der Waals surface area contributed by atoms with Gasteiger partial charge in [0.15, 0.2) is 0 Å². The molecule has 0 aliphatic heterocycles. The second kappa shape index (κ2) is 8.79. The van der Waals surface area contributed by atoms with Gasteiger partial charge in [0.25, 0.3) is 0 Å². The number of hydrogen-bond donors (Lipinski definition) is 1. The summed E-state index contributed by atoms with van der Waals surface area (Å²) >= 11 is 6.92. The van der Waals surface area contributed by atoms with Gasteiger partial charge in [0.2, 0.25) is 0 Å². The molecule has 4 nitrogen and oxygen atoms in total. The quantitative estimate of drug-likeness (QED) is 0.685. The smallest absolute Gasteiger partial charge is 0.135 e. The number of rotatable bonds is 8. The van der Waals surface area contributed by atoms with Crippen LogP contribution < -0.4 is 14.8 Å². The largest absolute Gasteiger partial charge is 0.496 e. The van der Waals surface area contributed by atoms with Gasteiger partial charge in [-0.25, -0.2) is 0 Å². The summed E-state index contributed by atoms with van der Waals surface area (Å²) in [7, 11) is 3.32. The summed E-state index contributed by atoms with van der Waals surface area (Å²) in [5.74, 6) is 1.55. The van der Waals surface area contributed by atoms with E-state index in [0.29, 0.717) is 6.61 Å². The molecule has 1 aromatic carbocycles. The van der Waals surface area contributed by atoms with E-state index in [1.54, 1.807) is 14.2 Å². The number of hydrogen-bond acceptors (Lipinski definition) is 4. The second-order valence-electron chi connectivity index (χ2n) is 4.04. The lowest BCUT2D eigenvalue weighted by Crippen LogP contribution is -2.31. The summed E-state index contributed by atoms with van der Waals surface area (Å²) in [6.07, 6.45) is 0.0634. The molecular formula is C13H19Br2NO3. The molecule has 1 N–H and O–H groups in total. The van der Waals surface area contributed by atoms with Crippen LogP contribution in [0.3, 0.4) is 0 Å². The Kier molecular flexibility index (Phi) is 7.75. The van der Waals surface area contributed by atoms with Gasteiger partial charge in [0.05, 0.1) is 22.7 Å². The molecule has 108 valence electrons. The molecule has 1 aromatic rings. The minimum Gasteiger partial charge on any atom is -0.496 e. The Labute approximate surface area is 131 Å². The maximum absolute atomic E-state index is 5.87. The van der Waals surface area contributed by atoms with Crippen molar-refractivity contribution in [3.05, 3.63) is 21.1 Å². The lowest BCUT2D eigenvalue weighted by Gasteiger charge is -2.17. The van der Waals surface area contributed by atoms with Gasteiger partial charge in [-0.1, -0.05) is 0 Å². The molecule has 1 atom stereocenters. The van der Waals surface area contributed by atoms with Gasteiger partial charge in [-0.15, -0.1) is 0 Å². The molecule has 1 rings (SSSR count). The third-order valence-electron chi connectivity index (χ3n) is 2.45. The van der Waals surface area contributed by atoms with Gasteiger partial charge in [-0.3, -0.25) is 0 Å². The van der Waals surface area contributed by atoms with Crippen molar-refractivity contribution in [2.75, 3.05) is 33.9 Å². The molecule has 0 saturated heterocycles. The first kappa shape index (κ1) is 16.8. The summed E-state index contributed by atoms with van der Waals surface area (Å²) in [6.45, 7) is 4.30. The molecule has 0 bridgehead atoms. The maximum Gasteiger partial charge on any atom is 0.135 e. The summed E-state index contributed by atoms with van der Waals surface area (Å²) in [6, 6.07) is 3.78. The van der Waals surface area contributed by atoms with Crippen LogP contribution >= 0.6 is 31.9 Å². The number of benzene rings is 1. The highest BCUT2D eigenvalue weighted by atomic mass is 79.9. The van der Waals surface area contributed by atoms with Crippen LogP contribution in [-0.2, 0) is 4.74 Å². The third kappa shape index (κ3) is 5.69. The van der Waals surface area contributed by atoms with E-state index in [9.17, 15) is 0 Å². The molecule has 0 spiro atoms. The lowest BCUT2D eigenvalue weighted by atomic mass is 10.3. The molecule has 0 aromatic heterocycles. The lowest BCUT2D eigenvalue weighted by molar-refractivity contribution is 0.183. The first-order chi connectivity index (χ1) is 9.08. The summed E-state index contributed by atoms with van der Waals surface area (Å²) in [5, 5.41) is 3.26. The van der Waals surface area contributed by atoms with Crippen molar-refractivity contribution >= 4 is 31.9 Å². The highest BCUT2D eigenvalue weighted by Crippen LogP contribution is 2.36. The molecule has 0 heterocycles. The normalized spacial score (nSPS) is 12.3. The third-order valence-corrected chi connectivity index (χ3v) is 3.69. The van der Waals surface area contributed by atoms with Crippen molar-refractivity contribution in [1.82, 2.24) is 5.32 Å².